The highest BCUT2D eigenvalue weighted by atomic mass is 16.6. The van der Waals surface area contributed by atoms with E-state index in [1.807, 2.05) is 20.8 Å². The number of esters is 1. The van der Waals surface area contributed by atoms with Gasteiger partial charge in [0.25, 0.3) is 5.78 Å². The highest BCUT2D eigenvalue weighted by Crippen LogP contribution is 2.28. The fraction of sp³-hybridized carbons (Fsp3) is 0.429. The number of nitrogens with one attached hydrogen (secondary N) is 2. The molecule has 11 nitrogen and oxygen atoms in total. The Morgan fingerprint density at radius 3 is 1.85 bits per heavy atom. The minimum atomic E-state index is -1.02. The summed E-state index contributed by atoms with van der Waals surface area (Å²) >= 11 is 0. The van der Waals surface area contributed by atoms with Crippen molar-refractivity contribution in [3.63, 3.8) is 0 Å². The van der Waals surface area contributed by atoms with E-state index >= 15 is 0 Å². The van der Waals surface area contributed by atoms with Crippen LogP contribution in [0.2, 0.25) is 0 Å². The minimum Gasteiger partial charge on any atom is -0.497 e. The Balaban J connectivity index is 0.000000416. The molecule has 0 aromatic heterocycles. The zero-order chi connectivity index (χ0) is 29.8. The third-order valence-corrected chi connectivity index (χ3v) is 4.28. The molecule has 2 N–H and O–H groups in total. The molecule has 2 aromatic rings. The lowest BCUT2D eigenvalue weighted by atomic mass is 10.1. The number of ketones is 1. The lowest BCUT2D eigenvalue weighted by molar-refractivity contribution is -0.137. The second kappa shape index (κ2) is 14.6. The summed E-state index contributed by atoms with van der Waals surface area (Å²) in [5.41, 5.74) is -0.526. The van der Waals surface area contributed by atoms with Gasteiger partial charge in [-0.2, -0.15) is 0 Å². The van der Waals surface area contributed by atoms with Gasteiger partial charge < -0.3 is 23.7 Å². The summed E-state index contributed by atoms with van der Waals surface area (Å²) in [7, 11) is 2.93. The molecule has 0 aliphatic rings. The van der Waals surface area contributed by atoms with Crippen LogP contribution in [0.4, 0.5) is 21.0 Å². The van der Waals surface area contributed by atoms with Crippen molar-refractivity contribution in [3.8, 4) is 11.5 Å². The van der Waals surface area contributed by atoms with E-state index in [4.69, 9.17) is 23.7 Å². The number of methoxy groups -OCH3 is 2. The van der Waals surface area contributed by atoms with Crippen molar-refractivity contribution in [2.75, 3.05) is 31.5 Å². The van der Waals surface area contributed by atoms with Crippen LogP contribution < -0.4 is 20.1 Å². The van der Waals surface area contributed by atoms with Crippen LogP contribution in [0.15, 0.2) is 42.5 Å². The number of hydrogen-bond acceptors (Lipinski definition) is 9. The van der Waals surface area contributed by atoms with E-state index in [0.717, 1.165) is 0 Å². The van der Waals surface area contributed by atoms with E-state index in [2.05, 4.69) is 10.6 Å². The molecular weight excluding hydrogens is 508 g/mol. The fourth-order valence-corrected chi connectivity index (χ4v) is 2.87. The Labute approximate surface area is 229 Å². The van der Waals surface area contributed by atoms with E-state index in [-0.39, 0.29) is 23.6 Å². The van der Waals surface area contributed by atoms with Gasteiger partial charge in [-0.3, -0.25) is 15.4 Å². The van der Waals surface area contributed by atoms with E-state index in [1.54, 1.807) is 65.1 Å². The number of benzene rings is 2. The summed E-state index contributed by atoms with van der Waals surface area (Å²) in [5, 5.41) is 5.08. The molecule has 0 aliphatic carbocycles. The van der Waals surface area contributed by atoms with Gasteiger partial charge in [0.05, 0.1) is 32.1 Å². The quantitative estimate of drug-likeness (QED) is 0.190. The summed E-state index contributed by atoms with van der Waals surface area (Å²) < 4.78 is 25.1. The molecule has 0 bridgehead atoms. The van der Waals surface area contributed by atoms with Crippen molar-refractivity contribution >= 4 is 35.3 Å². The molecule has 0 saturated carbocycles. The maximum Gasteiger partial charge on any atom is 0.412 e. The average molecular weight is 547 g/mol. The Bertz CT molecular complexity index is 1150. The number of amides is 2. The summed E-state index contributed by atoms with van der Waals surface area (Å²) in [6.45, 7) is 12.2. The van der Waals surface area contributed by atoms with Crippen molar-refractivity contribution < 1.29 is 42.9 Å². The summed E-state index contributed by atoms with van der Waals surface area (Å²) in [6.07, 6.45) is -1.22. The van der Waals surface area contributed by atoms with Crippen LogP contribution in [-0.2, 0) is 19.0 Å². The fourth-order valence-electron chi connectivity index (χ4n) is 2.87. The minimum absolute atomic E-state index is 0.0640. The van der Waals surface area contributed by atoms with Gasteiger partial charge in [-0.1, -0.05) is 12.1 Å². The van der Waals surface area contributed by atoms with Crippen molar-refractivity contribution in [1.82, 2.24) is 0 Å². The Hall–Kier alpha value is -4.28. The van der Waals surface area contributed by atoms with E-state index in [1.165, 1.54) is 19.2 Å². The molecule has 0 aliphatic heterocycles. The topological polar surface area (TPSA) is 138 Å². The third kappa shape index (κ3) is 12.2. The van der Waals surface area contributed by atoms with E-state index in [0.29, 0.717) is 11.4 Å². The first-order valence-corrected chi connectivity index (χ1v) is 12.1. The monoisotopic (exact) mass is 546 g/mol. The zero-order valence-electron chi connectivity index (χ0n) is 23.9. The third-order valence-electron chi connectivity index (χ3n) is 4.28. The second-order valence-corrected chi connectivity index (χ2v) is 9.92. The highest BCUT2D eigenvalue weighted by molar-refractivity contribution is 6.42. The van der Waals surface area contributed by atoms with Crippen LogP contribution in [0, 0.1) is 0 Å². The van der Waals surface area contributed by atoms with E-state index < -0.39 is 35.1 Å². The summed E-state index contributed by atoms with van der Waals surface area (Å²) in [6, 6.07) is 11.7. The lowest BCUT2D eigenvalue weighted by Gasteiger charge is -2.20. The first-order chi connectivity index (χ1) is 18.1. The predicted molar refractivity (Wildman–Crippen MR) is 147 cm³/mol. The molecule has 2 rings (SSSR count). The molecular formula is C28H38N2O9. The molecule has 2 aromatic carbocycles. The molecule has 0 radical (unpaired) electrons. The molecule has 0 heterocycles. The summed E-state index contributed by atoms with van der Waals surface area (Å²) in [4.78, 5) is 47.3. The van der Waals surface area contributed by atoms with Gasteiger partial charge in [0, 0.05) is 11.8 Å². The van der Waals surface area contributed by atoms with Crippen LogP contribution in [0.25, 0.3) is 0 Å². The van der Waals surface area contributed by atoms with Crippen molar-refractivity contribution in [3.05, 3.63) is 48.0 Å². The normalized spacial score (nSPS) is 10.7. The Morgan fingerprint density at radius 2 is 1.33 bits per heavy atom. The van der Waals surface area contributed by atoms with Crippen LogP contribution in [0.3, 0.4) is 0 Å². The SMILES string of the molecule is CCOC(=O)C(=O)c1c(NC(=O)OC(C)(C)C)cccc1OC.COc1cccc(NC(=O)OC(C)(C)C)c1. The Kier molecular flexibility index (Phi) is 12.3. The molecule has 0 saturated heterocycles. The first-order valence-electron chi connectivity index (χ1n) is 12.1. The number of rotatable bonds is 7. The van der Waals surface area contributed by atoms with E-state index in [9.17, 15) is 19.2 Å². The van der Waals surface area contributed by atoms with Gasteiger partial charge in [-0.15, -0.1) is 0 Å². The molecule has 0 unspecified atom stereocenters. The number of carbonyl (C=O) groups is 4. The maximum absolute atomic E-state index is 12.3. The number of Topliss-reactive ketones (excluding diaryl/α,β-unsaturated/α-hetero) is 1. The first kappa shape index (κ1) is 32.7. The number of anilines is 2. The largest absolute Gasteiger partial charge is 0.497 e. The van der Waals surface area contributed by atoms with Crippen molar-refractivity contribution in [1.29, 1.82) is 0 Å². The van der Waals surface area contributed by atoms with Crippen LogP contribution >= 0.6 is 0 Å². The van der Waals surface area contributed by atoms with Gasteiger partial charge in [0.15, 0.2) is 0 Å². The lowest BCUT2D eigenvalue weighted by Crippen LogP contribution is -2.28. The number of carbonyl (C=O) groups excluding carboxylic acids is 4. The zero-order valence-corrected chi connectivity index (χ0v) is 23.9. The number of ether oxygens (including phenoxy) is 5. The maximum atomic E-state index is 12.3. The van der Waals surface area contributed by atoms with Crippen LogP contribution in [0.5, 0.6) is 11.5 Å². The molecule has 2 amide bonds. The molecule has 0 atom stereocenters. The molecule has 0 fully saturated rings. The number of hydrogen-bond donors (Lipinski definition) is 2. The van der Waals surface area contributed by atoms with Gasteiger partial charge in [0.2, 0.25) is 0 Å². The second-order valence-electron chi connectivity index (χ2n) is 9.92. The van der Waals surface area contributed by atoms with Gasteiger partial charge >= 0.3 is 18.2 Å². The van der Waals surface area contributed by atoms with Gasteiger partial charge in [-0.25, -0.2) is 14.4 Å². The standard InChI is InChI=1S/C16H21NO6.C12H17NO3/c1-6-22-14(19)13(18)12-10(8-7-9-11(12)21-5)17-15(20)23-16(2,3)4;1-12(2,3)16-11(14)13-9-6-5-7-10(8-9)15-4/h7-9H,6H2,1-5H3,(H,17,20);5-8H,1-4H3,(H,13,14). The summed E-state index contributed by atoms with van der Waals surface area (Å²) in [5.74, 6) is -1.09. The smallest absolute Gasteiger partial charge is 0.412 e. The van der Waals surface area contributed by atoms with Crippen LogP contribution in [0.1, 0.15) is 58.8 Å². The van der Waals surface area contributed by atoms with Crippen molar-refractivity contribution in [2.45, 2.75) is 59.7 Å². The predicted octanol–water partition coefficient (Wildman–Crippen LogP) is 5.83. The van der Waals surface area contributed by atoms with Gasteiger partial charge in [0.1, 0.15) is 22.7 Å². The van der Waals surface area contributed by atoms with Gasteiger partial charge in [-0.05, 0) is 72.7 Å². The highest BCUT2D eigenvalue weighted by Gasteiger charge is 2.27. The average Bonchev–Trinajstić information content (AvgIpc) is 2.81. The Morgan fingerprint density at radius 1 is 0.769 bits per heavy atom. The van der Waals surface area contributed by atoms with Crippen LogP contribution in [-0.4, -0.2) is 56.0 Å². The molecule has 11 heteroatoms. The molecule has 214 valence electrons. The molecule has 39 heavy (non-hydrogen) atoms. The molecule has 0 spiro atoms. The van der Waals surface area contributed by atoms with Crippen molar-refractivity contribution in [2.24, 2.45) is 0 Å².